The van der Waals surface area contributed by atoms with Gasteiger partial charge in [0.25, 0.3) is 0 Å². The molecule has 0 fully saturated rings. The maximum absolute atomic E-state index is 13.6. The molecule has 1 aromatic carbocycles. The van der Waals surface area contributed by atoms with E-state index in [0.29, 0.717) is 6.07 Å². The van der Waals surface area contributed by atoms with Crippen LogP contribution in [0, 0.1) is 17.6 Å². The number of pyridine rings is 1. The predicted molar refractivity (Wildman–Crippen MR) is 67.3 cm³/mol. The summed E-state index contributed by atoms with van der Waals surface area (Å²) in [6.45, 7) is 1.36. The summed E-state index contributed by atoms with van der Waals surface area (Å²) in [6.07, 6.45) is 1.00. The number of sulfone groups is 1. The first-order valence-corrected chi connectivity index (χ1v) is 7.34. The third-order valence-corrected chi connectivity index (χ3v) is 4.48. The molecule has 0 aliphatic heterocycles. The van der Waals surface area contributed by atoms with E-state index < -0.39 is 32.3 Å². The lowest BCUT2D eigenvalue weighted by atomic mass is 10.1. The van der Waals surface area contributed by atoms with Gasteiger partial charge in [-0.15, -0.1) is 0 Å². The zero-order valence-corrected chi connectivity index (χ0v) is 11.2. The van der Waals surface area contributed by atoms with Crippen molar-refractivity contribution in [3.05, 3.63) is 48.0 Å². The van der Waals surface area contributed by atoms with E-state index in [1.54, 1.807) is 0 Å². The summed E-state index contributed by atoms with van der Waals surface area (Å²) in [7, 11) is -3.81. The van der Waals surface area contributed by atoms with Crippen LogP contribution in [-0.4, -0.2) is 19.2 Å². The molecule has 7 heteroatoms. The third kappa shape index (κ3) is 2.67. The molecule has 0 unspecified atom stereocenters. The molecule has 0 atom stereocenters. The Hall–Kier alpha value is -1.89. The standard InChI is InChI=1S/C13H10F3NO2S/c1-2-20(18,19)12-5-8(7-17-13(12)16)10-4-3-9(14)6-11(10)15/h3-7H,2H2,1H3. The molecule has 2 rings (SSSR count). The van der Waals surface area contributed by atoms with Gasteiger partial charge < -0.3 is 0 Å². The third-order valence-electron chi connectivity index (χ3n) is 2.76. The Balaban J connectivity index is 2.63. The summed E-state index contributed by atoms with van der Waals surface area (Å²) < 4.78 is 63.4. The molecule has 20 heavy (non-hydrogen) atoms. The highest BCUT2D eigenvalue weighted by atomic mass is 32.2. The van der Waals surface area contributed by atoms with Crippen molar-refractivity contribution in [3.63, 3.8) is 0 Å². The van der Waals surface area contributed by atoms with Gasteiger partial charge in [-0.1, -0.05) is 6.92 Å². The predicted octanol–water partition coefficient (Wildman–Crippen LogP) is 2.96. The quantitative estimate of drug-likeness (QED) is 0.819. The van der Waals surface area contributed by atoms with Gasteiger partial charge in [-0.05, 0) is 18.2 Å². The van der Waals surface area contributed by atoms with Crippen LogP contribution in [0.3, 0.4) is 0 Å². The maximum Gasteiger partial charge on any atom is 0.231 e. The van der Waals surface area contributed by atoms with Gasteiger partial charge in [-0.25, -0.2) is 22.2 Å². The van der Waals surface area contributed by atoms with Gasteiger partial charge in [-0.2, -0.15) is 4.39 Å². The van der Waals surface area contributed by atoms with Crippen LogP contribution >= 0.6 is 0 Å². The number of aromatic nitrogens is 1. The van der Waals surface area contributed by atoms with E-state index in [2.05, 4.69) is 4.98 Å². The van der Waals surface area contributed by atoms with Crippen molar-refractivity contribution < 1.29 is 21.6 Å². The molecule has 1 aromatic heterocycles. The van der Waals surface area contributed by atoms with E-state index in [1.807, 2.05) is 0 Å². The summed E-state index contributed by atoms with van der Waals surface area (Å²) in [5.41, 5.74) is 0.0161. The minimum absolute atomic E-state index is 0.0496. The Morgan fingerprint density at radius 1 is 1.15 bits per heavy atom. The number of rotatable bonds is 3. The van der Waals surface area contributed by atoms with Crippen molar-refractivity contribution in [2.75, 3.05) is 5.75 Å². The van der Waals surface area contributed by atoms with Crippen molar-refractivity contribution in [1.82, 2.24) is 4.98 Å². The molecule has 0 radical (unpaired) electrons. The molecule has 3 nitrogen and oxygen atoms in total. The highest BCUT2D eigenvalue weighted by Gasteiger charge is 2.20. The zero-order chi connectivity index (χ0) is 14.9. The molecule has 0 amide bonds. The molecule has 0 aliphatic rings. The summed E-state index contributed by atoms with van der Waals surface area (Å²) >= 11 is 0. The smallest absolute Gasteiger partial charge is 0.227 e. The average Bonchev–Trinajstić information content (AvgIpc) is 2.39. The number of hydrogen-bond acceptors (Lipinski definition) is 3. The van der Waals surface area contributed by atoms with Crippen molar-refractivity contribution >= 4 is 9.84 Å². The Kier molecular flexibility index (Phi) is 3.80. The Labute approximate surface area is 114 Å². The molecule has 2 aromatic rings. The minimum Gasteiger partial charge on any atom is -0.227 e. The largest absolute Gasteiger partial charge is 0.231 e. The number of halogens is 3. The summed E-state index contributed by atoms with van der Waals surface area (Å²) in [5.74, 6) is -3.08. The molecule has 0 bridgehead atoms. The van der Waals surface area contributed by atoms with E-state index >= 15 is 0 Å². The molecule has 0 saturated heterocycles. The van der Waals surface area contributed by atoms with Gasteiger partial charge >= 0.3 is 0 Å². The molecule has 0 spiro atoms. The SMILES string of the molecule is CCS(=O)(=O)c1cc(-c2ccc(F)cc2F)cnc1F. The highest BCUT2D eigenvalue weighted by Crippen LogP contribution is 2.26. The first-order chi connectivity index (χ1) is 9.35. The second kappa shape index (κ2) is 5.24. The minimum atomic E-state index is -3.81. The summed E-state index contributed by atoms with van der Waals surface area (Å²) in [5, 5.41) is 0. The van der Waals surface area contributed by atoms with E-state index in [9.17, 15) is 21.6 Å². The van der Waals surface area contributed by atoms with Crippen molar-refractivity contribution in [2.24, 2.45) is 0 Å². The monoisotopic (exact) mass is 301 g/mol. The van der Waals surface area contributed by atoms with Crippen molar-refractivity contribution in [2.45, 2.75) is 11.8 Å². The molecule has 0 saturated carbocycles. The van der Waals surface area contributed by atoms with E-state index in [4.69, 9.17) is 0 Å². The lowest BCUT2D eigenvalue weighted by Gasteiger charge is -2.07. The first kappa shape index (κ1) is 14.5. The lowest BCUT2D eigenvalue weighted by Crippen LogP contribution is -2.08. The second-order valence-corrected chi connectivity index (χ2v) is 6.29. The Morgan fingerprint density at radius 3 is 2.45 bits per heavy atom. The van der Waals surface area contributed by atoms with Crippen LogP contribution in [0.1, 0.15) is 6.92 Å². The van der Waals surface area contributed by atoms with Crippen molar-refractivity contribution in [1.29, 1.82) is 0 Å². The fourth-order valence-corrected chi connectivity index (χ4v) is 2.60. The van der Waals surface area contributed by atoms with Gasteiger partial charge in [-0.3, -0.25) is 0 Å². The van der Waals surface area contributed by atoms with Gasteiger partial charge in [0.05, 0.1) is 5.75 Å². The van der Waals surface area contributed by atoms with Crippen molar-refractivity contribution in [3.8, 4) is 11.1 Å². The van der Waals surface area contributed by atoms with Gasteiger partial charge in [0.2, 0.25) is 5.95 Å². The fourth-order valence-electron chi connectivity index (χ4n) is 1.67. The van der Waals surface area contributed by atoms with Crippen LogP contribution < -0.4 is 0 Å². The topological polar surface area (TPSA) is 47.0 Å². The molecule has 106 valence electrons. The van der Waals surface area contributed by atoms with Gasteiger partial charge in [0.15, 0.2) is 9.84 Å². The summed E-state index contributed by atoms with van der Waals surface area (Å²) in [6, 6.07) is 3.82. The highest BCUT2D eigenvalue weighted by molar-refractivity contribution is 7.91. The number of hydrogen-bond donors (Lipinski definition) is 0. The van der Waals surface area contributed by atoms with Crippen LogP contribution in [0.25, 0.3) is 11.1 Å². The second-order valence-electron chi connectivity index (χ2n) is 4.04. The van der Waals surface area contributed by atoms with Crippen LogP contribution in [0.5, 0.6) is 0 Å². The summed E-state index contributed by atoms with van der Waals surface area (Å²) in [4.78, 5) is 2.73. The normalized spacial score (nSPS) is 11.6. The van der Waals surface area contributed by atoms with Crippen LogP contribution in [0.4, 0.5) is 13.2 Å². The molecule has 1 heterocycles. The molecular formula is C13H10F3NO2S. The van der Waals surface area contributed by atoms with E-state index in [0.717, 1.165) is 24.4 Å². The maximum atomic E-state index is 13.6. The number of nitrogens with zero attached hydrogens (tertiary/aromatic N) is 1. The lowest BCUT2D eigenvalue weighted by molar-refractivity contribution is 0.538. The Bertz CT molecular complexity index is 760. The Morgan fingerprint density at radius 2 is 1.85 bits per heavy atom. The molecular weight excluding hydrogens is 291 g/mol. The average molecular weight is 301 g/mol. The van der Waals surface area contributed by atoms with Crippen LogP contribution in [0.2, 0.25) is 0 Å². The zero-order valence-electron chi connectivity index (χ0n) is 10.4. The molecule has 0 aliphatic carbocycles. The van der Waals surface area contributed by atoms with Crippen LogP contribution in [0.15, 0.2) is 35.4 Å². The fraction of sp³-hybridized carbons (Fsp3) is 0.154. The van der Waals surface area contributed by atoms with Gasteiger partial charge in [0.1, 0.15) is 16.5 Å². The molecule has 0 N–H and O–H groups in total. The van der Waals surface area contributed by atoms with Gasteiger partial charge in [0, 0.05) is 23.4 Å². The van der Waals surface area contributed by atoms with E-state index in [1.165, 1.54) is 6.92 Å². The van der Waals surface area contributed by atoms with E-state index in [-0.39, 0.29) is 16.9 Å². The van der Waals surface area contributed by atoms with Crippen LogP contribution in [-0.2, 0) is 9.84 Å². The number of benzene rings is 1. The first-order valence-electron chi connectivity index (χ1n) is 5.69.